The van der Waals surface area contributed by atoms with Crippen LogP contribution in [-0.2, 0) is 0 Å². The third kappa shape index (κ3) is 794. The first-order valence-electron chi connectivity index (χ1n) is 5.76. The molecule has 0 saturated carbocycles. The maximum Gasteiger partial charge on any atom is 0.00275 e. The lowest BCUT2D eigenvalue weighted by Crippen LogP contribution is -2.01. The van der Waals surface area contributed by atoms with Gasteiger partial charge in [0.05, 0.1) is 0 Å². The smallest absolute Gasteiger partial charge is 0.00275 e. The van der Waals surface area contributed by atoms with Gasteiger partial charge in [-0.25, -0.2) is 0 Å². The molecule has 0 atom stereocenters. The number of hydrogen-bond acceptors (Lipinski definition) is 2. The van der Waals surface area contributed by atoms with Gasteiger partial charge in [0, 0.05) is 7.05 Å². The predicted octanol–water partition coefficient (Wildman–Crippen LogP) is 4.29. The maximum atomic E-state index is 3.37. The molecule has 0 aliphatic rings. The minimum Gasteiger partial charge on any atom is -0.394 e. The van der Waals surface area contributed by atoms with Crippen LogP contribution in [0.2, 0.25) is 0 Å². The van der Waals surface area contributed by atoms with Gasteiger partial charge in [-0.15, -0.1) is 0 Å². The second-order valence-electron chi connectivity index (χ2n) is 1.20. The molecule has 100 valence electrons. The van der Waals surface area contributed by atoms with Gasteiger partial charge < -0.3 is 10.6 Å². The Morgan fingerprint density at radius 1 is 0.933 bits per heavy atom. The standard InChI is InChI=1S/C3H9N.C3H7N.3C2H6.CH4/c2*1-3-4-2;3*1-2;/h4H,3H2,1-2H3;3-4H,1H2,2H3;3*1-2H3;1H4. The Hall–Kier alpha value is -0.500. The van der Waals surface area contributed by atoms with E-state index < -0.39 is 0 Å². The van der Waals surface area contributed by atoms with Crippen LogP contribution in [0, 0.1) is 0 Å². The van der Waals surface area contributed by atoms with E-state index in [1.165, 1.54) is 0 Å². The quantitative estimate of drug-likeness (QED) is 0.728. The summed E-state index contributed by atoms with van der Waals surface area (Å²) >= 11 is 0. The lowest BCUT2D eigenvalue weighted by Gasteiger charge is -1.76. The highest BCUT2D eigenvalue weighted by Crippen LogP contribution is 1.34. The van der Waals surface area contributed by atoms with Crippen LogP contribution in [0.15, 0.2) is 12.8 Å². The van der Waals surface area contributed by atoms with E-state index >= 15 is 0 Å². The van der Waals surface area contributed by atoms with Crippen LogP contribution < -0.4 is 10.6 Å². The third-order valence-corrected chi connectivity index (χ3v) is 0.558. The van der Waals surface area contributed by atoms with Crippen molar-refractivity contribution in [2.24, 2.45) is 0 Å². The molecule has 0 heterocycles. The summed E-state index contributed by atoms with van der Waals surface area (Å²) in [5.41, 5.74) is 0. The minimum atomic E-state index is 0. The van der Waals surface area contributed by atoms with Gasteiger partial charge >= 0.3 is 0 Å². The molecule has 0 radical (unpaired) electrons. The normalized spacial score (nSPS) is 4.60. The van der Waals surface area contributed by atoms with Crippen molar-refractivity contribution >= 4 is 0 Å². The molecule has 2 heteroatoms. The Kier molecular flexibility index (Phi) is 420. The summed E-state index contributed by atoms with van der Waals surface area (Å²) in [6.07, 6.45) is 1.62. The Morgan fingerprint density at radius 2 is 1.07 bits per heavy atom. The minimum absolute atomic E-state index is 0. The third-order valence-electron chi connectivity index (χ3n) is 0.558. The Bertz CT molecular complexity index is 35.5. The van der Waals surface area contributed by atoms with E-state index in [0.29, 0.717) is 0 Å². The molecule has 0 aromatic carbocycles. The summed E-state index contributed by atoms with van der Waals surface area (Å²) in [5, 5.41) is 5.62. The fourth-order valence-electron chi connectivity index (χ4n) is 0. The number of hydrogen-bond donors (Lipinski definition) is 2. The van der Waals surface area contributed by atoms with Crippen LogP contribution in [-0.4, -0.2) is 20.6 Å². The Labute approximate surface area is 101 Å². The topological polar surface area (TPSA) is 24.1 Å². The SMILES string of the molecule is C.C=CNC.CC.CC.CC.CCNC. The molecule has 2 nitrogen and oxygen atoms in total. The van der Waals surface area contributed by atoms with Gasteiger partial charge in [-0.05, 0) is 19.8 Å². The summed E-state index contributed by atoms with van der Waals surface area (Å²) in [5.74, 6) is 0. The molecule has 0 aliphatic heterocycles. The van der Waals surface area contributed by atoms with Gasteiger partial charge in [0.25, 0.3) is 0 Å². The molecule has 0 fully saturated rings. The zero-order chi connectivity index (χ0) is 12.8. The van der Waals surface area contributed by atoms with E-state index in [2.05, 4.69) is 24.1 Å². The summed E-state index contributed by atoms with van der Waals surface area (Å²) in [6, 6.07) is 0. The highest BCUT2D eigenvalue weighted by atomic mass is 14.8. The molecular weight excluding hydrogens is 184 g/mol. The number of nitrogens with one attached hydrogen (secondary N) is 2. The molecule has 0 aromatic rings. The van der Waals surface area contributed by atoms with Crippen LogP contribution in [0.5, 0.6) is 0 Å². The zero-order valence-electron chi connectivity index (χ0n) is 12.0. The molecule has 0 unspecified atom stereocenters. The van der Waals surface area contributed by atoms with E-state index in [-0.39, 0.29) is 7.43 Å². The lowest BCUT2D eigenvalue weighted by atomic mass is 10.8. The van der Waals surface area contributed by atoms with Crippen molar-refractivity contribution in [1.29, 1.82) is 0 Å². The molecule has 0 aromatic heterocycles. The second kappa shape index (κ2) is 172. The highest BCUT2D eigenvalue weighted by Gasteiger charge is 1.50. The lowest BCUT2D eigenvalue weighted by molar-refractivity contribution is 0.864. The first kappa shape index (κ1) is 36.6. The van der Waals surface area contributed by atoms with Crippen molar-refractivity contribution in [3.8, 4) is 0 Å². The average molecular weight is 222 g/mol. The first-order chi connectivity index (χ1) is 6.83. The summed E-state index contributed by atoms with van der Waals surface area (Å²) in [7, 11) is 3.74. The van der Waals surface area contributed by atoms with Crippen molar-refractivity contribution < 1.29 is 0 Å². The van der Waals surface area contributed by atoms with E-state index in [1.54, 1.807) is 6.20 Å². The molecule has 0 saturated heterocycles. The van der Waals surface area contributed by atoms with Crippen molar-refractivity contribution in [2.45, 2.75) is 55.9 Å². The van der Waals surface area contributed by atoms with E-state index in [9.17, 15) is 0 Å². The molecule has 0 spiro atoms. The second-order valence-corrected chi connectivity index (χ2v) is 1.20. The Morgan fingerprint density at radius 3 is 1.07 bits per heavy atom. The summed E-state index contributed by atoms with van der Waals surface area (Å²) < 4.78 is 0. The fraction of sp³-hybridized carbons (Fsp3) is 0.846. The van der Waals surface area contributed by atoms with Crippen LogP contribution in [0.1, 0.15) is 55.9 Å². The maximum absolute atomic E-state index is 3.37. The fourth-order valence-corrected chi connectivity index (χ4v) is 0. The van der Waals surface area contributed by atoms with Crippen molar-refractivity contribution in [2.75, 3.05) is 20.6 Å². The molecule has 0 bridgehead atoms. The average Bonchev–Trinajstić information content (AvgIpc) is 2.36. The van der Waals surface area contributed by atoms with Crippen molar-refractivity contribution in [3.05, 3.63) is 12.8 Å². The summed E-state index contributed by atoms with van der Waals surface area (Å²) in [4.78, 5) is 0. The largest absolute Gasteiger partial charge is 0.394 e. The van der Waals surface area contributed by atoms with E-state index in [1.807, 2.05) is 55.6 Å². The van der Waals surface area contributed by atoms with Crippen LogP contribution in [0.25, 0.3) is 0 Å². The van der Waals surface area contributed by atoms with Crippen molar-refractivity contribution in [1.82, 2.24) is 10.6 Å². The highest BCUT2D eigenvalue weighted by molar-refractivity contribution is 4.55. The van der Waals surface area contributed by atoms with Gasteiger partial charge in [-0.1, -0.05) is 62.5 Å². The molecule has 0 amide bonds. The molecule has 0 rings (SSSR count). The molecule has 0 aliphatic carbocycles. The van der Waals surface area contributed by atoms with Gasteiger partial charge in [-0.2, -0.15) is 0 Å². The van der Waals surface area contributed by atoms with Gasteiger partial charge in [0.15, 0.2) is 0 Å². The zero-order valence-corrected chi connectivity index (χ0v) is 12.0. The Balaban J connectivity index is -0.0000000175. The monoisotopic (exact) mass is 222 g/mol. The number of rotatable bonds is 2. The van der Waals surface area contributed by atoms with Gasteiger partial charge in [0.1, 0.15) is 0 Å². The van der Waals surface area contributed by atoms with Gasteiger partial charge in [0.2, 0.25) is 0 Å². The molecular formula is C13H38N2. The van der Waals surface area contributed by atoms with E-state index in [4.69, 9.17) is 0 Å². The van der Waals surface area contributed by atoms with Crippen LogP contribution in [0.3, 0.4) is 0 Å². The van der Waals surface area contributed by atoms with Crippen molar-refractivity contribution in [3.63, 3.8) is 0 Å². The molecule has 2 N–H and O–H groups in total. The summed E-state index contributed by atoms with van der Waals surface area (Å²) in [6.45, 7) is 18.5. The van der Waals surface area contributed by atoms with Crippen LogP contribution in [0.4, 0.5) is 0 Å². The predicted molar refractivity (Wildman–Crippen MR) is 79.6 cm³/mol. The van der Waals surface area contributed by atoms with Gasteiger partial charge in [-0.3, -0.25) is 0 Å². The first-order valence-corrected chi connectivity index (χ1v) is 5.76. The van der Waals surface area contributed by atoms with E-state index in [0.717, 1.165) is 6.54 Å². The van der Waals surface area contributed by atoms with Crippen LogP contribution >= 0.6 is 0 Å². The molecule has 15 heavy (non-hydrogen) atoms.